The van der Waals surface area contributed by atoms with Gasteiger partial charge in [-0.1, -0.05) is 12.1 Å². The molecule has 6 nitrogen and oxygen atoms in total. The first kappa shape index (κ1) is 17.8. The van der Waals surface area contributed by atoms with Crippen molar-refractivity contribution in [2.24, 2.45) is 5.10 Å². The molecular weight excluding hydrogens is 360 g/mol. The van der Waals surface area contributed by atoms with Crippen LogP contribution in [0.5, 0.6) is 0 Å². The number of carbonyl (C=O) groups excluding carboxylic acids is 2. The summed E-state index contributed by atoms with van der Waals surface area (Å²) in [6.07, 6.45) is 0.652. The first-order valence-electron chi connectivity index (χ1n) is 7.89. The predicted molar refractivity (Wildman–Crippen MR) is 96.8 cm³/mol. The molecule has 0 spiro atoms. The molecule has 1 aliphatic heterocycles. The molecule has 0 radical (unpaired) electrons. The number of carbonyl (C=O) groups is 2. The van der Waals surface area contributed by atoms with Gasteiger partial charge in [0.1, 0.15) is 6.61 Å². The molecule has 0 fully saturated rings. The zero-order chi connectivity index (χ0) is 17.6. The summed E-state index contributed by atoms with van der Waals surface area (Å²) in [5.74, 6) is -0.890. The summed E-state index contributed by atoms with van der Waals surface area (Å²) in [7, 11) is 0. The molecule has 0 N–H and O–H groups in total. The van der Waals surface area contributed by atoms with Crippen LogP contribution >= 0.6 is 22.7 Å². The Hall–Kier alpha value is -2.03. The highest BCUT2D eigenvalue weighted by molar-refractivity contribution is 7.12. The maximum absolute atomic E-state index is 12.6. The third-order valence-corrected chi connectivity index (χ3v) is 5.52. The van der Waals surface area contributed by atoms with Gasteiger partial charge in [0.15, 0.2) is 6.61 Å². The van der Waals surface area contributed by atoms with Crippen molar-refractivity contribution in [1.29, 1.82) is 0 Å². The van der Waals surface area contributed by atoms with Gasteiger partial charge in [0.05, 0.1) is 16.6 Å². The number of hydrogen-bond acceptors (Lipinski definition) is 7. The van der Waals surface area contributed by atoms with Crippen molar-refractivity contribution in [1.82, 2.24) is 5.01 Å². The van der Waals surface area contributed by atoms with E-state index in [1.165, 1.54) is 5.01 Å². The zero-order valence-electron chi connectivity index (χ0n) is 13.7. The fourth-order valence-corrected chi connectivity index (χ4v) is 4.00. The molecule has 1 atom stereocenters. The van der Waals surface area contributed by atoms with Gasteiger partial charge in [0.25, 0.3) is 5.91 Å². The minimum atomic E-state index is -0.551. The van der Waals surface area contributed by atoms with Gasteiger partial charge in [-0.2, -0.15) is 5.10 Å². The average molecular weight is 378 g/mol. The highest BCUT2D eigenvalue weighted by Crippen LogP contribution is 2.35. The van der Waals surface area contributed by atoms with Crippen LogP contribution < -0.4 is 0 Å². The molecule has 132 valence electrons. The molecule has 8 heteroatoms. The monoisotopic (exact) mass is 378 g/mol. The lowest BCUT2D eigenvalue weighted by atomic mass is 10.1. The zero-order valence-corrected chi connectivity index (χ0v) is 15.3. The van der Waals surface area contributed by atoms with Crippen LogP contribution in [0.4, 0.5) is 0 Å². The fraction of sp³-hybridized carbons (Fsp3) is 0.353. The number of thiophene rings is 2. The minimum absolute atomic E-state index is 0.151. The largest absolute Gasteiger partial charge is 0.454 e. The van der Waals surface area contributed by atoms with Crippen molar-refractivity contribution in [2.75, 3.05) is 19.8 Å². The lowest BCUT2D eigenvalue weighted by molar-refractivity contribution is -0.156. The van der Waals surface area contributed by atoms with E-state index in [0.29, 0.717) is 13.0 Å². The van der Waals surface area contributed by atoms with Crippen LogP contribution in [-0.2, 0) is 19.1 Å². The summed E-state index contributed by atoms with van der Waals surface area (Å²) in [6, 6.07) is 7.74. The van der Waals surface area contributed by atoms with Crippen molar-refractivity contribution < 1.29 is 19.1 Å². The van der Waals surface area contributed by atoms with E-state index in [9.17, 15) is 9.59 Å². The van der Waals surface area contributed by atoms with Gasteiger partial charge in [-0.05, 0) is 29.8 Å². The fourth-order valence-electron chi connectivity index (χ4n) is 2.47. The summed E-state index contributed by atoms with van der Waals surface area (Å²) >= 11 is 3.18. The third-order valence-electron chi connectivity index (χ3n) is 3.62. The van der Waals surface area contributed by atoms with Crippen molar-refractivity contribution in [3.63, 3.8) is 0 Å². The van der Waals surface area contributed by atoms with E-state index in [0.717, 1.165) is 15.5 Å². The van der Waals surface area contributed by atoms with Gasteiger partial charge < -0.3 is 9.47 Å². The number of esters is 1. The van der Waals surface area contributed by atoms with Crippen molar-refractivity contribution >= 4 is 40.3 Å². The number of hydrazone groups is 1. The molecule has 1 aliphatic rings. The minimum Gasteiger partial charge on any atom is -0.454 e. The van der Waals surface area contributed by atoms with Crippen LogP contribution in [0, 0.1) is 0 Å². The second-order valence-corrected chi connectivity index (χ2v) is 7.22. The van der Waals surface area contributed by atoms with Crippen LogP contribution in [0.15, 0.2) is 40.1 Å². The Balaban J connectivity index is 1.70. The molecule has 0 aromatic carbocycles. The molecule has 3 heterocycles. The van der Waals surface area contributed by atoms with E-state index in [2.05, 4.69) is 5.10 Å². The Labute approximate surface area is 153 Å². The summed E-state index contributed by atoms with van der Waals surface area (Å²) in [4.78, 5) is 26.2. The summed E-state index contributed by atoms with van der Waals surface area (Å²) in [5.41, 5.74) is 0.877. The van der Waals surface area contributed by atoms with Gasteiger partial charge >= 0.3 is 5.97 Å². The third kappa shape index (κ3) is 4.33. The molecule has 0 saturated heterocycles. The first-order valence-corrected chi connectivity index (χ1v) is 9.65. The van der Waals surface area contributed by atoms with Crippen molar-refractivity contribution in [3.8, 4) is 0 Å². The first-order chi connectivity index (χ1) is 12.2. The van der Waals surface area contributed by atoms with E-state index in [1.54, 1.807) is 29.6 Å². The van der Waals surface area contributed by atoms with E-state index in [-0.39, 0.29) is 25.2 Å². The smallest absolute Gasteiger partial charge is 0.332 e. The standard InChI is InChI=1S/C17H18N2O4S2/c1-2-22-11-17(21)23-10-16(20)19-13(15-6-4-8-25-15)9-12(18-19)14-5-3-7-24-14/h3-8,13H,2,9-11H2,1H3. The summed E-state index contributed by atoms with van der Waals surface area (Å²) < 4.78 is 9.97. The number of ether oxygens (including phenoxy) is 2. The topological polar surface area (TPSA) is 68.2 Å². The maximum Gasteiger partial charge on any atom is 0.332 e. The van der Waals surface area contributed by atoms with Gasteiger partial charge in [-0.3, -0.25) is 4.79 Å². The predicted octanol–water partition coefficient (Wildman–Crippen LogP) is 3.07. The Morgan fingerprint density at radius 1 is 1.24 bits per heavy atom. The quantitative estimate of drug-likeness (QED) is 0.695. The number of rotatable bonds is 7. The molecule has 25 heavy (non-hydrogen) atoms. The van der Waals surface area contributed by atoms with Gasteiger partial charge in [0, 0.05) is 17.9 Å². The molecule has 0 saturated carbocycles. The number of nitrogens with zero attached hydrogens (tertiary/aromatic N) is 2. The van der Waals surface area contributed by atoms with Crippen LogP contribution in [0.3, 0.4) is 0 Å². The van der Waals surface area contributed by atoms with Crippen LogP contribution in [-0.4, -0.2) is 42.4 Å². The molecule has 2 aromatic heterocycles. The van der Waals surface area contributed by atoms with Gasteiger partial charge in [0.2, 0.25) is 0 Å². The van der Waals surface area contributed by atoms with Crippen LogP contribution in [0.1, 0.15) is 29.1 Å². The SMILES string of the molecule is CCOCC(=O)OCC(=O)N1N=C(c2cccs2)CC1c1cccs1. The van der Waals surface area contributed by atoms with Gasteiger partial charge in [-0.25, -0.2) is 9.80 Å². The second kappa shape index (κ2) is 8.37. The summed E-state index contributed by atoms with van der Waals surface area (Å²) in [5, 5.41) is 9.90. The Kier molecular flexibility index (Phi) is 5.95. The summed E-state index contributed by atoms with van der Waals surface area (Å²) in [6.45, 7) is 1.72. The normalized spacial score (nSPS) is 16.8. The average Bonchev–Trinajstić information content (AvgIpc) is 3.36. The highest BCUT2D eigenvalue weighted by atomic mass is 32.1. The van der Waals surface area contributed by atoms with Crippen LogP contribution in [0.25, 0.3) is 0 Å². The van der Waals surface area contributed by atoms with Crippen LogP contribution in [0.2, 0.25) is 0 Å². The number of amides is 1. The molecule has 3 rings (SSSR count). The Morgan fingerprint density at radius 3 is 2.72 bits per heavy atom. The van der Waals surface area contributed by atoms with E-state index in [1.807, 2.05) is 35.0 Å². The maximum atomic E-state index is 12.6. The van der Waals surface area contributed by atoms with E-state index in [4.69, 9.17) is 9.47 Å². The van der Waals surface area contributed by atoms with Crippen molar-refractivity contribution in [2.45, 2.75) is 19.4 Å². The molecule has 2 aromatic rings. The lowest BCUT2D eigenvalue weighted by Crippen LogP contribution is -2.31. The Bertz CT molecular complexity index is 741. The molecular formula is C17H18N2O4S2. The van der Waals surface area contributed by atoms with E-state index >= 15 is 0 Å². The molecule has 0 aliphatic carbocycles. The number of hydrogen-bond donors (Lipinski definition) is 0. The Morgan fingerprint density at radius 2 is 2.04 bits per heavy atom. The molecule has 0 bridgehead atoms. The second-order valence-electron chi connectivity index (χ2n) is 5.30. The van der Waals surface area contributed by atoms with E-state index < -0.39 is 5.97 Å². The van der Waals surface area contributed by atoms with Gasteiger partial charge in [-0.15, -0.1) is 22.7 Å². The highest BCUT2D eigenvalue weighted by Gasteiger charge is 2.34. The molecule has 1 amide bonds. The molecule has 1 unspecified atom stereocenters. The lowest BCUT2D eigenvalue weighted by Gasteiger charge is -2.20. The van der Waals surface area contributed by atoms with Crippen molar-refractivity contribution in [3.05, 3.63) is 44.8 Å².